The minimum Gasteiger partial charge on any atom is -0.317 e. The normalized spacial score (nSPS) is 29.9. The van der Waals surface area contributed by atoms with Crippen LogP contribution in [0, 0.1) is 5.92 Å². The van der Waals surface area contributed by atoms with Crippen molar-refractivity contribution in [3.63, 3.8) is 0 Å². The molecule has 1 N–H and O–H groups in total. The summed E-state index contributed by atoms with van der Waals surface area (Å²) in [7, 11) is 2.08. The van der Waals surface area contributed by atoms with Crippen molar-refractivity contribution < 1.29 is 0 Å². The fraction of sp³-hybridized carbons (Fsp3) is 0.818. The fourth-order valence-corrected chi connectivity index (χ4v) is 2.05. The Morgan fingerprint density at radius 2 is 1.75 bits per heavy atom. The first-order valence-electron chi connectivity index (χ1n) is 5.04. The standard InChI is InChI=1S/C11H21N/c1-9(2)8-10-4-6-11(12-3)7-5-10/h8,10-12H,4-7H2,1-3H3/t10-,11+. The van der Waals surface area contributed by atoms with Crippen molar-refractivity contribution in [1.82, 2.24) is 5.32 Å². The second kappa shape index (κ2) is 4.66. The van der Waals surface area contributed by atoms with Crippen molar-refractivity contribution in [2.45, 2.75) is 45.6 Å². The van der Waals surface area contributed by atoms with Crippen molar-refractivity contribution in [1.29, 1.82) is 0 Å². The van der Waals surface area contributed by atoms with E-state index in [0.717, 1.165) is 12.0 Å². The average molecular weight is 167 g/mol. The molecule has 1 rings (SSSR count). The maximum Gasteiger partial charge on any atom is 0.00644 e. The third-order valence-electron chi connectivity index (χ3n) is 2.75. The van der Waals surface area contributed by atoms with Crippen molar-refractivity contribution in [3.05, 3.63) is 11.6 Å². The number of hydrogen-bond donors (Lipinski definition) is 1. The lowest BCUT2D eigenvalue weighted by Crippen LogP contribution is -2.29. The minimum atomic E-state index is 0.784. The summed E-state index contributed by atoms with van der Waals surface area (Å²) in [5.74, 6) is 0.861. The molecule has 1 saturated carbocycles. The molecule has 0 aromatic carbocycles. The van der Waals surface area contributed by atoms with E-state index in [9.17, 15) is 0 Å². The summed E-state index contributed by atoms with van der Waals surface area (Å²) in [5.41, 5.74) is 1.47. The quantitative estimate of drug-likeness (QED) is 0.624. The largest absolute Gasteiger partial charge is 0.317 e. The predicted molar refractivity (Wildman–Crippen MR) is 54.2 cm³/mol. The van der Waals surface area contributed by atoms with Gasteiger partial charge in [-0.15, -0.1) is 0 Å². The van der Waals surface area contributed by atoms with E-state index in [0.29, 0.717) is 0 Å². The SMILES string of the molecule is CN[C@H]1CC[C@@H](C=C(C)C)CC1. The summed E-state index contributed by atoms with van der Waals surface area (Å²) in [4.78, 5) is 0. The Bertz CT molecular complexity index is 148. The zero-order chi connectivity index (χ0) is 8.97. The molecule has 0 aromatic rings. The Kier molecular flexibility index (Phi) is 3.80. The average Bonchev–Trinajstić information content (AvgIpc) is 2.05. The van der Waals surface area contributed by atoms with E-state index in [1.165, 1.54) is 31.3 Å². The van der Waals surface area contributed by atoms with Crippen LogP contribution in [0.3, 0.4) is 0 Å². The van der Waals surface area contributed by atoms with Gasteiger partial charge >= 0.3 is 0 Å². The van der Waals surface area contributed by atoms with Gasteiger partial charge in [0.25, 0.3) is 0 Å². The highest BCUT2D eigenvalue weighted by Gasteiger charge is 2.17. The predicted octanol–water partition coefficient (Wildman–Crippen LogP) is 2.73. The molecule has 0 aliphatic heterocycles. The second-order valence-electron chi connectivity index (χ2n) is 4.14. The van der Waals surface area contributed by atoms with Crippen LogP contribution in [0.2, 0.25) is 0 Å². The zero-order valence-electron chi connectivity index (χ0n) is 8.56. The number of hydrogen-bond acceptors (Lipinski definition) is 1. The van der Waals surface area contributed by atoms with Crippen molar-refractivity contribution in [2.24, 2.45) is 5.92 Å². The van der Waals surface area contributed by atoms with Crippen LogP contribution >= 0.6 is 0 Å². The molecule has 0 heterocycles. The minimum absolute atomic E-state index is 0.784. The Labute approximate surface area is 76.2 Å². The first kappa shape index (κ1) is 9.79. The second-order valence-corrected chi connectivity index (χ2v) is 4.14. The monoisotopic (exact) mass is 167 g/mol. The molecule has 70 valence electrons. The van der Waals surface area contributed by atoms with Gasteiger partial charge in [-0.1, -0.05) is 11.6 Å². The maximum absolute atomic E-state index is 3.36. The van der Waals surface area contributed by atoms with Crippen LogP contribution in [-0.4, -0.2) is 13.1 Å². The molecule has 12 heavy (non-hydrogen) atoms. The van der Waals surface area contributed by atoms with Crippen molar-refractivity contribution in [2.75, 3.05) is 7.05 Å². The molecule has 0 saturated heterocycles. The molecular formula is C11H21N. The lowest BCUT2D eigenvalue weighted by Gasteiger charge is -2.26. The highest BCUT2D eigenvalue weighted by atomic mass is 14.9. The summed E-state index contributed by atoms with van der Waals surface area (Å²) >= 11 is 0. The maximum atomic E-state index is 3.36. The molecule has 0 bridgehead atoms. The molecular weight excluding hydrogens is 146 g/mol. The van der Waals surface area contributed by atoms with Crippen molar-refractivity contribution >= 4 is 0 Å². The third-order valence-corrected chi connectivity index (χ3v) is 2.75. The molecule has 1 fully saturated rings. The number of rotatable bonds is 2. The van der Waals surface area contributed by atoms with E-state index in [1.54, 1.807) is 0 Å². The van der Waals surface area contributed by atoms with E-state index >= 15 is 0 Å². The van der Waals surface area contributed by atoms with Gasteiger partial charge in [0.15, 0.2) is 0 Å². The molecule has 0 radical (unpaired) electrons. The smallest absolute Gasteiger partial charge is 0.00644 e. The Balaban J connectivity index is 2.31. The lowest BCUT2D eigenvalue weighted by atomic mass is 9.85. The molecule has 1 aliphatic carbocycles. The van der Waals surface area contributed by atoms with Gasteiger partial charge in [0, 0.05) is 6.04 Å². The first-order chi connectivity index (χ1) is 5.72. The van der Waals surface area contributed by atoms with Gasteiger partial charge < -0.3 is 5.32 Å². The summed E-state index contributed by atoms with van der Waals surface area (Å²) < 4.78 is 0. The summed E-state index contributed by atoms with van der Waals surface area (Å²) in [5, 5.41) is 3.36. The van der Waals surface area contributed by atoms with Gasteiger partial charge in [-0.25, -0.2) is 0 Å². The summed E-state index contributed by atoms with van der Waals surface area (Å²) in [6.07, 6.45) is 7.88. The first-order valence-corrected chi connectivity index (χ1v) is 5.04. The molecule has 1 aliphatic rings. The van der Waals surface area contributed by atoms with Gasteiger partial charge in [0.05, 0.1) is 0 Å². The Morgan fingerprint density at radius 3 is 2.17 bits per heavy atom. The van der Waals surface area contributed by atoms with E-state index in [2.05, 4.69) is 32.3 Å². The lowest BCUT2D eigenvalue weighted by molar-refractivity contribution is 0.341. The van der Waals surface area contributed by atoms with Crippen LogP contribution in [-0.2, 0) is 0 Å². The van der Waals surface area contributed by atoms with Crippen LogP contribution in [0.15, 0.2) is 11.6 Å². The van der Waals surface area contributed by atoms with Crippen LogP contribution < -0.4 is 5.32 Å². The fourth-order valence-electron chi connectivity index (χ4n) is 2.05. The molecule has 1 nitrogen and oxygen atoms in total. The third kappa shape index (κ3) is 2.98. The topological polar surface area (TPSA) is 12.0 Å². The zero-order valence-corrected chi connectivity index (χ0v) is 8.56. The van der Waals surface area contributed by atoms with Gasteiger partial charge in [0.1, 0.15) is 0 Å². The molecule has 0 atom stereocenters. The van der Waals surface area contributed by atoms with E-state index in [4.69, 9.17) is 0 Å². The van der Waals surface area contributed by atoms with E-state index < -0.39 is 0 Å². The molecule has 0 spiro atoms. The number of allylic oxidation sites excluding steroid dienone is 2. The highest BCUT2D eigenvalue weighted by molar-refractivity contribution is 4.99. The molecule has 0 unspecified atom stereocenters. The van der Waals surface area contributed by atoms with Gasteiger partial charge in [-0.2, -0.15) is 0 Å². The Hall–Kier alpha value is -0.300. The van der Waals surface area contributed by atoms with Crippen LogP contribution in [0.4, 0.5) is 0 Å². The van der Waals surface area contributed by atoms with E-state index in [1.807, 2.05) is 0 Å². The highest BCUT2D eigenvalue weighted by Crippen LogP contribution is 2.25. The van der Waals surface area contributed by atoms with E-state index in [-0.39, 0.29) is 0 Å². The summed E-state index contributed by atoms with van der Waals surface area (Å²) in [6, 6.07) is 0.784. The van der Waals surface area contributed by atoms with Crippen molar-refractivity contribution in [3.8, 4) is 0 Å². The molecule has 0 amide bonds. The summed E-state index contributed by atoms with van der Waals surface area (Å²) in [6.45, 7) is 4.40. The van der Waals surface area contributed by atoms with Crippen LogP contribution in [0.5, 0.6) is 0 Å². The Morgan fingerprint density at radius 1 is 1.17 bits per heavy atom. The van der Waals surface area contributed by atoms with Gasteiger partial charge in [0.2, 0.25) is 0 Å². The van der Waals surface area contributed by atoms with Gasteiger partial charge in [-0.05, 0) is 52.5 Å². The molecule has 0 aromatic heterocycles. The van der Waals surface area contributed by atoms with Crippen LogP contribution in [0.25, 0.3) is 0 Å². The van der Waals surface area contributed by atoms with Gasteiger partial charge in [-0.3, -0.25) is 0 Å². The van der Waals surface area contributed by atoms with Crippen LogP contribution in [0.1, 0.15) is 39.5 Å². The number of nitrogens with one attached hydrogen (secondary N) is 1. The molecule has 1 heteroatoms.